The topological polar surface area (TPSA) is 65.0 Å². The van der Waals surface area contributed by atoms with Gasteiger partial charge in [0, 0.05) is 18.3 Å². The number of hydrogen-bond donors (Lipinski definition) is 1. The molecule has 1 N–H and O–H groups in total. The third-order valence-electron chi connectivity index (χ3n) is 5.26. The summed E-state index contributed by atoms with van der Waals surface area (Å²) in [6.07, 6.45) is 5.27. The van der Waals surface area contributed by atoms with Crippen molar-refractivity contribution in [3.8, 4) is 17.6 Å². The summed E-state index contributed by atoms with van der Waals surface area (Å²) in [5.41, 5.74) is 1.02. The molecule has 5 atom stereocenters. The number of aliphatic hydroxyl groups is 1. The van der Waals surface area contributed by atoms with Crippen LogP contribution in [-0.2, 0) is 20.9 Å². The van der Waals surface area contributed by atoms with Crippen molar-refractivity contribution in [2.75, 3.05) is 13.7 Å². The van der Waals surface area contributed by atoms with Gasteiger partial charge in [-0.3, -0.25) is 0 Å². The molecule has 164 valence electrons. The van der Waals surface area contributed by atoms with Crippen molar-refractivity contribution in [1.29, 1.82) is 0 Å². The minimum Gasteiger partial charge on any atom is -0.497 e. The van der Waals surface area contributed by atoms with Crippen molar-refractivity contribution in [3.63, 3.8) is 0 Å². The van der Waals surface area contributed by atoms with E-state index in [2.05, 4.69) is 24.8 Å². The summed E-state index contributed by atoms with van der Waals surface area (Å²) in [7, 11) is 1.63. The highest BCUT2D eigenvalue weighted by molar-refractivity contribution is 5.88. The zero-order valence-corrected chi connectivity index (χ0v) is 18.5. The molecule has 1 aliphatic heterocycles. The molecule has 0 spiro atoms. The number of aliphatic hydroxyl groups excluding tert-OH is 1. The van der Waals surface area contributed by atoms with Crippen LogP contribution in [0.2, 0.25) is 0 Å². The van der Waals surface area contributed by atoms with Crippen LogP contribution in [0.25, 0.3) is 0 Å². The molecule has 5 nitrogen and oxygen atoms in total. The lowest BCUT2D eigenvalue weighted by Gasteiger charge is -2.22. The second kappa shape index (κ2) is 12.4. The van der Waals surface area contributed by atoms with Crippen LogP contribution in [0.3, 0.4) is 0 Å². The van der Waals surface area contributed by atoms with E-state index in [4.69, 9.17) is 14.2 Å². The van der Waals surface area contributed by atoms with E-state index in [9.17, 15) is 9.90 Å². The van der Waals surface area contributed by atoms with E-state index in [1.807, 2.05) is 44.2 Å². The SMILES string of the molecule is COc1ccc(COC[C@@H]2OC(=O)C#CC[C@H](C)C[C@H](O)C[C@H](C)/C=C/[C@H]2C)cc1. The van der Waals surface area contributed by atoms with Gasteiger partial charge in [0.1, 0.15) is 11.9 Å². The first-order chi connectivity index (χ1) is 14.4. The van der Waals surface area contributed by atoms with Gasteiger partial charge in [0.05, 0.1) is 26.4 Å². The summed E-state index contributed by atoms with van der Waals surface area (Å²) in [5.74, 6) is 6.15. The normalized spacial score (nSPS) is 29.1. The summed E-state index contributed by atoms with van der Waals surface area (Å²) in [5, 5.41) is 10.3. The van der Waals surface area contributed by atoms with E-state index in [0.29, 0.717) is 25.9 Å². The number of esters is 1. The Morgan fingerprint density at radius 2 is 1.87 bits per heavy atom. The maximum atomic E-state index is 12.2. The Bertz CT molecular complexity index is 743. The summed E-state index contributed by atoms with van der Waals surface area (Å²) in [6, 6.07) is 7.67. The monoisotopic (exact) mass is 414 g/mol. The first-order valence-electron chi connectivity index (χ1n) is 10.6. The number of ether oxygens (including phenoxy) is 3. The van der Waals surface area contributed by atoms with Gasteiger partial charge in [0.15, 0.2) is 0 Å². The summed E-state index contributed by atoms with van der Waals surface area (Å²) in [6.45, 7) is 6.81. The molecule has 1 heterocycles. The fraction of sp³-hybridized carbons (Fsp3) is 0.560. The maximum Gasteiger partial charge on any atom is 0.384 e. The average Bonchev–Trinajstić information content (AvgIpc) is 2.71. The van der Waals surface area contributed by atoms with Crippen LogP contribution in [0.4, 0.5) is 0 Å². The van der Waals surface area contributed by atoms with Crippen molar-refractivity contribution in [2.45, 2.75) is 58.8 Å². The van der Waals surface area contributed by atoms with Crippen LogP contribution in [0.15, 0.2) is 36.4 Å². The molecular formula is C25H34O5. The van der Waals surface area contributed by atoms with Crippen molar-refractivity contribution in [3.05, 3.63) is 42.0 Å². The number of hydrogen-bond acceptors (Lipinski definition) is 5. The van der Waals surface area contributed by atoms with Gasteiger partial charge in [0.25, 0.3) is 0 Å². The minimum atomic E-state index is -0.536. The first-order valence-corrected chi connectivity index (χ1v) is 10.6. The molecule has 0 bridgehead atoms. The van der Waals surface area contributed by atoms with Crippen molar-refractivity contribution < 1.29 is 24.1 Å². The average molecular weight is 415 g/mol. The van der Waals surface area contributed by atoms with Crippen LogP contribution >= 0.6 is 0 Å². The Labute approximate surface area is 180 Å². The number of allylic oxidation sites excluding steroid dienone is 1. The molecular weight excluding hydrogens is 380 g/mol. The highest BCUT2D eigenvalue weighted by atomic mass is 16.6. The lowest BCUT2D eigenvalue weighted by molar-refractivity contribution is -0.147. The lowest BCUT2D eigenvalue weighted by Crippen LogP contribution is -2.29. The molecule has 2 rings (SSSR count). The summed E-state index contributed by atoms with van der Waals surface area (Å²) >= 11 is 0. The quantitative estimate of drug-likeness (QED) is 0.340. The second-order valence-electron chi connectivity index (χ2n) is 8.26. The smallest absolute Gasteiger partial charge is 0.384 e. The number of cyclic esters (lactones) is 1. The predicted octanol–water partition coefficient (Wildman–Crippen LogP) is 4.14. The fourth-order valence-electron chi connectivity index (χ4n) is 3.41. The molecule has 1 aromatic carbocycles. The number of benzene rings is 1. The van der Waals surface area contributed by atoms with E-state index in [0.717, 1.165) is 11.3 Å². The number of methoxy groups -OCH3 is 1. The molecule has 0 saturated carbocycles. The van der Waals surface area contributed by atoms with Gasteiger partial charge in [-0.1, -0.05) is 51.0 Å². The van der Waals surface area contributed by atoms with Gasteiger partial charge in [-0.25, -0.2) is 4.79 Å². The van der Waals surface area contributed by atoms with E-state index in [-0.39, 0.29) is 30.5 Å². The van der Waals surface area contributed by atoms with Crippen molar-refractivity contribution in [2.24, 2.45) is 17.8 Å². The van der Waals surface area contributed by atoms with Crippen molar-refractivity contribution >= 4 is 5.97 Å². The molecule has 0 aliphatic carbocycles. The van der Waals surface area contributed by atoms with Gasteiger partial charge in [-0.15, -0.1) is 0 Å². The van der Waals surface area contributed by atoms with Crippen molar-refractivity contribution in [1.82, 2.24) is 0 Å². The zero-order chi connectivity index (χ0) is 21.9. The molecule has 1 aromatic rings. The molecule has 0 aromatic heterocycles. The first kappa shape index (κ1) is 24.0. The van der Waals surface area contributed by atoms with Crippen LogP contribution < -0.4 is 4.74 Å². The maximum absolute atomic E-state index is 12.2. The third-order valence-corrected chi connectivity index (χ3v) is 5.26. The molecule has 0 saturated heterocycles. The Balaban J connectivity index is 2.03. The Kier molecular flexibility index (Phi) is 9.93. The largest absolute Gasteiger partial charge is 0.497 e. The number of carbonyl (C=O) groups excluding carboxylic acids is 1. The van der Waals surface area contributed by atoms with Gasteiger partial charge in [-0.2, -0.15) is 0 Å². The molecule has 0 unspecified atom stereocenters. The molecule has 1 aliphatic rings. The summed E-state index contributed by atoms with van der Waals surface area (Å²) in [4.78, 5) is 12.2. The Morgan fingerprint density at radius 1 is 1.13 bits per heavy atom. The number of rotatable bonds is 5. The van der Waals surface area contributed by atoms with Crippen LogP contribution in [0.1, 0.15) is 45.6 Å². The number of carbonyl (C=O) groups is 1. The molecule has 5 heteroatoms. The highest BCUT2D eigenvalue weighted by Crippen LogP contribution is 2.19. The lowest BCUT2D eigenvalue weighted by atomic mass is 9.93. The highest BCUT2D eigenvalue weighted by Gasteiger charge is 2.21. The standard InChI is InChI=1S/C25H34O5/c1-18-6-5-7-25(27)30-24(20(3)9-8-19(2)15-22(26)14-18)17-29-16-21-10-12-23(28-4)13-11-21/h8-13,18-20,22,24,26H,6,14-17H2,1-4H3/b9-8+/t18-,19+,20+,22-,24-/m0/s1. The molecule has 0 fully saturated rings. The Hall–Kier alpha value is -2.29. The van der Waals surface area contributed by atoms with Gasteiger partial charge in [-0.05, 0) is 42.4 Å². The van der Waals surface area contributed by atoms with Crippen LogP contribution in [0.5, 0.6) is 5.75 Å². The summed E-state index contributed by atoms with van der Waals surface area (Å²) < 4.78 is 16.6. The van der Waals surface area contributed by atoms with E-state index >= 15 is 0 Å². The fourth-order valence-corrected chi connectivity index (χ4v) is 3.41. The third kappa shape index (κ3) is 8.61. The zero-order valence-electron chi connectivity index (χ0n) is 18.5. The van der Waals surface area contributed by atoms with Crippen LogP contribution in [-0.4, -0.2) is 37.0 Å². The predicted molar refractivity (Wildman–Crippen MR) is 117 cm³/mol. The minimum absolute atomic E-state index is 0.0342. The molecule has 30 heavy (non-hydrogen) atoms. The van der Waals surface area contributed by atoms with E-state index in [1.54, 1.807) is 7.11 Å². The molecule has 0 radical (unpaired) electrons. The molecule has 0 amide bonds. The van der Waals surface area contributed by atoms with Gasteiger partial charge in [0.2, 0.25) is 0 Å². The van der Waals surface area contributed by atoms with Gasteiger partial charge < -0.3 is 19.3 Å². The van der Waals surface area contributed by atoms with E-state index < -0.39 is 12.1 Å². The Morgan fingerprint density at radius 3 is 2.57 bits per heavy atom. The second-order valence-corrected chi connectivity index (χ2v) is 8.26. The van der Waals surface area contributed by atoms with Gasteiger partial charge >= 0.3 is 5.97 Å². The van der Waals surface area contributed by atoms with E-state index in [1.165, 1.54) is 0 Å². The van der Waals surface area contributed by atoms with Crippen LogP contribution in [0, 0.1) is 29.6 Å².